The van der Waals surface area contributed by atoms with Crippen LogP contribution >= 0.6 is 23.2 Å². The lowest BCUT2D eigenvalue weighted by atomic mass is 9.87. The molecule has 1 unspecified atom stereocenters. The van der Waals surface area contributed by atoms with E-state index in [0.29, 0.717) is 39.1 Å². The van der Waals surface area contributed by atoms with Gasteiger partial charge in [0.2, 0.25) is 0 Å². The van der Waals surface area contributed by atoms with Gasteiger partial charge in [0.1, 0.15) is 17.4 Å². The van der Waals surface area contributed by atoms with Crippen LogP contribution in [0, 0.1) is 5.82 Å². The number of benzene rings is 2. The molecule has 6 rings (SSSR count). The van der Waals surface area contributed by atoms with E-state index in [-0.39, 0.29) is 22.4 Å². The molecule has 2 amide bonds. The molecule has 192 valence electrons. The van der Waals surface area contributed by atoms with Crippen molar-refractivity contribution in [2.75, 3.05) is 17.3 Å². The molecular weight excluding hydrogens is 532 g/mol. The van der Waals surface area contributed by atoms with Gasteiger partial charge in [0, 0.05) is 40.4 Å². The number of imidazole rings is 1. The van der Waals surface area contributed by atoms with E-state index >= 15 is 0 Å². The molecular formula is C27H20Cl2FN5O3. The Kier molecular flexibility index (Phi) is 5.48. The molecule has 2 aliphatic rings. The maximum Gasteiger partial charge on any atom is 0.280 e. The lowest BCUT2D eigenvalue weighted by Gasteiger charge is -2.35. The van der Waals surface area contributed by atoms with E-state index < -0.39 is 23.2 Å². The van der Waals surface area contributed by atoms with Crippen LogP contribution in [0.1, 0.15) is 41.6 Å². The van der Waals surface area contributed by atoms with Crippen molar-refractivity contribution < 1.29 is 18.7 Å². The van der Waals surface area contributed by atoms with Gasteiger partial charge in [-0.15, -0.1) is 0 Å². The molecule has 38 heavy (non-hydrogen) atoms. The number of nitrogens with one attached hydrogen (secondary N) is 1. The predicted octanol–water partition coefficient (Wildman–Crippen LogP) is 5.84. The molecule has 2 aromatic heterocycles. The SMILES string of the molecule is COc1ccncc1-c1nc2c(n1C(C)C)C1(C(=O)Nc3cc(Cl)ccc31)N(c1ccc(F)c(Cl)c1)C2=O. The van der Waals surface area contributed by atoms with Crippen LogP contribution in [0.15, 0.2) is 54.9 Å². The van der Waals surface area contributed by atoms with Gasteiger partial charge in [-0.05, 0) is 50.2 Å². The number of nitrogens with zero attached hydrogens (tertiary/aromatic N) is 4. The zero-order valence-electron chi connectivity index (χ0n) is 20.4. The third-order valence-electron chi connectivity index (χ3n) is 6.86. The summed E-state index contributed by atoms with van der Waals surface area (Å²) < 4.78 is 21.5. The van der Waals surface area contributed by atoms with Crippen molar-refractivity contribution in [3.8, 4) is 17.1 Å². The molecule has 4 aromatic rings. The van der Waals surface area contributed by atoms with Gasteiger partial charge < -0.3 is 14.6 Å². The smallest absolute Gasteiger partial charge is 0.280 e. The lowest BCUT2D eigenvalue weighted by Crippen LogP contribution is -2.51. The fourth-order valence-corrected chi connectivity index (χ4v) is 5.72. The fraction of sp³-hybridized carbons (Fsp3) is 0.185. The van der Waals surface area contributed by atoms with E-state index in [9.17, 15) is 14.0 Å². The number of pyridine rings is 1. The lowest BCUT2D eigenvalue weighted by molar-refractivity contribution is -0.119. The number of fused-ring (bicyclic) bond motifs is 4. The maximum absolute atomic E-state index is 14.2. The van der Waals surface area contributed by atoms with Crippen LogP contribution in [0.4, 0.5) is 15.8 Å². The molecule has 0 fully saturated rings. The number of hydrogen-bond acceptors (Lipinski definition) is 5. The number of methoxy groups -OCH3 is 1. The third-order valence-corrected chi connectivity index (χ3v) is 7.39. The maximum atomic E-state index is 14.2. The largest absolute Gasteiger partial charge is 0.496 e. The average molecular weight is 552 g/mol. The van der Waals surface area contributed by atoms with Gasteiger partial charge in [0.25, 0.3) is 11.8 Å². The highest BCUT2D eigenvalue weighted by atomic mass is 35.5. The first-order chi connectivity index (χ1) is 18.2. The van der Waals surface area contributed by atoms with Crippen LogP contribution in [-0.2, 0) is 10.3 Å². The van der Waals surface area contributed by atoms with Crippen molar-refractivity contribution in [1.82, 2.24) is 14.5 Å². The quantitative estimate of drug-likeness (QED) is 0.344. The molecule has 2 aliphatic heterocycles. The minimum Gasteiger partial charge on any atom is -0.496 e. The highest BCUT2D eigenvalue weighted by Crippen LogP contribution is 2.54. The highest BCUT2D eigenvalue weighted by molar-refractivity contribution is 6.32. The summed E-state index contributed by atoms with van der Waals surface area (Å²) in [5.74, 6) is -0.725. The topological polar surface area (TPSA) is 89.3 Å². The molecule has 4 heterocycles. The summed E-state index contributed by atoms with van der Waals surface area (Å²) in [6.07, 6.45) is 3.20. The molecule has 8 nitrogen and oxygen atoms in total. The van der Waals surface area contributed by atoms with Gasteiger partial charge in [-0.2, -0.15) is 0 Å². The minimum absolute atomic E-state index is 0.0815. The zero-order valence-corrected chi connectivity index (χ0v) is 21.9. The van der Waals surface area contributed by atoms with Crippen molar-refractivity contribution in [1.29, 1.82) is 0 Å². The summed E-state index contributed by atoms with van der Waals surface area (Å²) in [4.78, 5) is 38.7. The van der Waals surface area contributed by atoms with Gasteiger partial charge in [-0.3, -0.25) is 19.5 Å². The monoisotopic (exact) mass is 551 g/mol. The number of carbonyl (C=O) groups excluding carboxylic acids is 2. The van der Waals surface area contributed by atoms with Crippen LogP contribution in [0.2, 0.25) is 10.0 Å². The Bertz CT molecular complexity index is 1670. The van der Waals surface area contributed by atoms with Crippen LogP contribution in [-0.4, -0.2) is 33.5 Å². The van der Waals surface area contributed by atoms with Crippen LogP contribution < -0.4 is 15.0 Å². The van der Waals surface area contributed by atoms with Gasteiger partial charge in [-0.25, -0.2) is 9.37 Å². The summed E-state index contributed by atoms with van der Waals surface area (Å²) in [6, 6.07) is 10.4. The Morgan fingerprint density at radius 2 is 1.89 bits per heavy atom. The average Bonchev–Trinajstić information content (AvgIpc) is 3.49. The summed E-state index contributed by atoms with van der Waals surface area (Å²) in [7, 11) is 1.53. The second-order valence-electron chi connectivity index (χ2n) is 9.27. The predicted molar refractivity (Wildman–Crippen MR) is 141 cm³/mol. The highest BCUT2D eigenvalue weighted by Gasteiger charge is 2.64. The Labute approximate surface area is 227 Å². The molecule has 1 atom stereocenters. The van der Waals surface area contributed by atoms with Crippen molar-refractivity contribution >= 4 is 46.4 Å². The third kappa shape index (κ3) is 3.15. The number of halogens is 3. The van der Waals surface area contributed by atoms with E-state index in [1.807, 2.05) is 18.4 Å². The molecule has 0 aliphatic carbocycles. The van der Waals surface area contributed by atoms with E-state index in [2.05, 4.69) is 10.3 Å². The van der Waals surface area contributed by atoms with E-state index in [1.54, 1.807) is 36.7 Å². The molecule has 0 radical (unpaired) electrons. The first-order valence-corrected chi connectivity index (χ1v) is 12.5. The number of carbonyl (C=O) groups is 2. The molecule has 0 bridgehead atoms. The Morgan fingerprint density at radius 1 is 1.11 bits per heavy atom. The summed E-state index contributed by atoms with van der Waals surface area (Å²) in [6.45, 7) is 3.86. The molecule has 1 spiro atoms. The van der Waals surface area contributed by atoms with Crippen molar-refractivity contribution in [3.63, 3.8) is 0 Å². The Hall–Kier alpha value is -3.95. The standard InChI is InChI=1S/C27H20Cl2FN5O3/c1-13(2)34-23-22(33-24(34)16-12-31-9-8-21(16)38-3)25(36)35(15-5-7-19(30)18(29)11-15)27(23)17-6-4-14(28)10-20(17)32-26(27)37/h4-13H,1-3H3,(H,32,37). The Morgan fingerprint density at radius 3 is 2.61 bits per heavy atom. The first kappa shape index (κ1) is 24.4. The Balaban J connectivity index is 1.73. The van der Waals surface area contributed by atoms with Gasteiger partial charge >= 0.3 is 0 Å². The number of amides is 2. The summed E-state index contributed by atoms with van der Waals surface area (Å²) in [5.41, 5.74) is 0.554. The normalized spacial score (nSPS) is 17.8. The van der Waals surface area contributed by atoms with Crippen molar-refractivity contribution in [2.24, 2.45) is 0 Å². The van der Waals surface area contributed by atoms with Gasteiger partial charge in [0.05, 0.1) is 23.4 Å². The molecule has 0 saturated carbocycles. The number of hydrogen-bond donors (Lipinski definition) is 1. The summed E-state index contributed by atoms with van der Waals surface area (Å²) >= 11 is 12.4. The van der Waals surface area contributed by atoms with E-state index in [4.69, 9.17) is 32.9 Å². The van der Waals surface area contributed by atoms with Crippen LogP contribution in [0.5, 0.6) is 5.75 Å². The second kappa shape index (κ2) is 8.54. The van der Waals surface area contributed by atoms with Crippen molar-refractivity contribution in [3.05, 3.63) is 87.7 Å². The molecule has 2 aromatic carbocycles. The molecule has 0 saturated heterocycles. The van der Waals surface area contributed by atoms with Crippen LogP contribution in [0.25, 0.3) is 11.4 Å². The number of ether oxygens (including phenoxy) is 1. The molecule has 1 N–H and O–H groups in total. The summed E-state index contributed by atoms with van der Waals surface area (Å²) in [5, 5.41) is 3.13. The second-order valence-corrected chi connectivity index (χ2v) is 10.1. The van der Waals surface area contributed by atoms with Gasteiger partial charge in [-0.1, -0.05) is 29.3 Å². The van der Waals surface area contributed by atoms with Crippen molar-refractivity contribution in [2.45, 2.75) is 25.4 Å². The number of anilines is 2. The zero-order chi connectivity index (χ0) is 26.9. The van der Waals surface area contributed by atoms with E-state index in [0.717, 1.165) is 6.07 Å². The minimum atomic E-state index is -1.67. The van der Waals surface area contributed by atoms with E-state index in [1.165, 1.54) is 24.1 Å². The fourth-order valence-electron chi connectivity index (χ4n) is 5.37. The van der Waals surface area contributed by atoms with Crippen LogP contribution in [0.3, 0.4) is 0 Å². The molecule has 11 heteroatoms. The van der Waals surface area contributed by atoms with Gasteiger partial charge in [0.15, 0.2) is 11.2 Å². The number of rotatable bonds is 4. The number of aromatic nitrogens is 3. The first-order valence-electron chi connectivity index (χ1n) is 11.7.